The van der Waals surface area contributed by atoms with Crippen molar-refractivity contribution in [2.45, 2.75) is 57.5 Å². The molecule has 0 bridgehead atoms. The van der Waals surface area contributed by atoms with Crippen LogP contribution >= 0.6 is 12.4 Å². The van der Waals surface area contributed by atoms with E-state index in [0.717, 1.165) is 12.1 Å². The zero-order valence-corrected chi connectivity index (χ0v) is 10.7. The fraction of sp³-hybridized carbons (Fsp3) is 1.00. The minimum Gasteiger partial charge on any atom is -0.317 e. The van der Waals surface area contributed by atoms with Gasteiger partial charge >= 0.3 is 0 Å². The molecule has 15 heavy (non-hydrogen) atoms. The average Bonchev–Trinajstić information content (AvgIpc) is 2.30. The molecule has 0 spiro atoms. The molecule has 0 amide bonds. The molecule has 2 rings (SSSR count). The molecular weight excluding hydrogens is 208 g/mol. The van der Waals surface area contributed by atoms with E-state index in [9.17, 15) is 0 Å². The maximum absolute atomic E-state index is 3.46. The van der Waals surface area contributed by atoms with E-state index in [-0.39, 0.29) is 12.4 Å². The first-order chi connectivity index (χ1) is 6.92. The minimum atomic E-state index is 0. The Bertz CT molecular complexity index is 169. The minimum absolute atomic E-state index is 0. The van der Waals surface area contributed by atoms with E-state index in [2.05, 4.69) is 17.1 Å². The van der Waals surface area contributed by atoms with E-state index in [4.69, 9.17) is 0 Å². The number of hydrogen-bond acceptors (Lipinski definition) is 2. The van der Waals surface area contributed by atoms with Crippen molar-refractivity contribution >= 4 is 12.4 Å². The molecule has 1 atom stereocenters. The highest BCUT2D eigenvalue weighted by atomic mass is 35.5. The highest BCUT2D eigenvalue weighted by molar-refractivity contribution is 5.85. The van der Waals surface area contributed by atoms with Crippen LogP contribution in [0.1, 0.15) is 45.4 Å². The van der Waals surface area contributed by atoms with Gasteiger partial charge in [0, 0.05) is 12.1 Å². The molecular formula is C12H25ClN2. The van der Waals surface area contributed by atoms with Crippen LogP contribution in [0.5, 0.6) is 0 Å². The van der Waals surface area contributed by atoms with Gasteiger partial charge in [-0.1, -0.05) is 13.3 Å². The van der Waals surface area contributed by atoms with Gasteiger partial charge in [-0.2, -0.15) is 0 Å². The Morgan fingerprint density at radius 3 is 2.53 bits per heavy atom. The summed E-state index contributed by atoms with van der Waals surface area (Å²) in [6.07, 6.45) is 8.43. The van der Waals surface area contributed by atoms with Gasteiger partial charge in [-0.3, -0.25) is 4.90 Å². The molecule has 2 nitrogen and oxygen atoms in total. The molecule has 2 saturated heterocycles. The van der Waals surface area contributed by atoms with Crippen LogP contribution in [0.3, 0.4) is 0 Å². The van der Waals surface area contributed by atoms with Crippen LogP contribution < -0.4 is 5.32 Å². The van der Waals surface area contributed by atoms with Crippen LogP contribution in [0.25, 0.3) is 0 Å². The van der Waals surface area contributed by atoms with Gasteiger partial charge in [0.15, 0.2) is 0 Å². The second-order valence-corrected chi connectivity index (χ2v) is 4.78. The predicted molar refractivity (Wildman–Crippen MR) is 67.8 cm³/mol. The first-order valence-electron chi connectivity index (χ1n) is 6.38. The Morgan fingerprint density at radius 2 is 1.87 bits per heavy atom. The van der Waals surface area contributed by atoms with Gasteiger partial charge in [-0.05, 0) is 51.7 Å². The van der Waals surface area contributed by atoms with Gasteiger partial charge in [0.1, 0.15) is 0 Å². The number of hydrogen-bond donors (Lipinski definition) is 1. The van der Waals surface area contributed by atoms with Crippen molar-refractivity contribution in [3.63, 3.8) is 0 Å². The van der Waals surface area contributed by atoms with Crippen LogP contribution in [0.15, 0.2) is 0 Å². The van der Waals surface area contributed by atoms with E-state index in [1.54, 1.807) is 0 Å². The topological polar surface area (TPSA) is 15.3 Å². The molecule has 1 unspecified atom stereocenters. The van der Waals surface area contributed by atoms with Gasteiger partial charge in [0.25, 0.3) is 0 Å². The average molecular weight is 233 g/mol. The Hall–Kier alpha value is 0.210. The highest BCUT2D eigenvalue weighted by Gasteiger charge is 2.28. The van der Waals surface area contributed by atoms with E-state index in [1.807, 2.05) is 0 Å². The summed E-state index contributed by atoms with van der Waals surface area (Å²) in [5, 5.41) is 3.46. The standard InChI is InChI=1S/C12H24N2.ClH/c1-2-11-5-3-4-10-14(11)12-6-8-13-9-7-12;/h11-13H,2-10H2,1H3;1H. The van der Waals surface area contributed by atoms with Crippen LogP contribution in [-0.2, 0) is 0 Å². The van der Waals surface area contributed by atoms with E-state index >= 15 is 0 Å². The van der Waals surface area contributed by atoms with Crippen molar-refractivity contribution in [3.05, 3.63) is 0 Å². The molecule has 0 aromatic rings. The molecule has 2 heterocycles. The Kier molecular flexibility index (Phi) is 5.95. The maximum Gasteiger partial charge on any atom is 0.0122 e. The molecule has 0 radical (unpaired) electrons. The molecule has 2 aliphatic rings. The molecule has 2 aliphatic heterocycles. The van der Waals surface area contributed by atoms with Gasteiger partial charge in [0.2, 0.25) is 0 Å². The van der Waals surface area contributed by atoms with Gasteiger partial charge in [-0.15, -0.1) is 12.4 Å². The SMILES string of the molecule is CCC1CCCCN1C1CCNCC1.Cl. The lowest BCUT2D eigenvalue weighted by Gasteiger charge is -2.42. The van der Waals surface area contributed by atoms with Crippen LogP contribution in [0, 0.1) is 0 Å². The van der Waals surface area contributed by atoms with Crippen molar-refractivity contribution in [1.29, 1.82) is 0 Å². The summed E-state index contributed by atoms with van der Waals surface area (Å²) in [5.74, 6) is 0. The third kappa shape index (κ3) is 3.33. The summed E-state index contributed by atoms with van der Waals surface area (Å²) in [5.41, 5.74) is 0. The molecule has 3 heteroatoms. The maximum atomic E-state index is 3.46. The number of piperidine rings is 2. The first-order valence-corrected chi connectivity index (χ1v) is 6.38. The van der Waals surface area contributed by atoms with Crippen LogP contribution in [0.2, 0.25) is 0 Å². The number of nitrogens with one attached hydrogen (secondary N) is 1. The van der Waals surface area contributed by atoms with Crippen LogP contribution in [0.4, 0.5) is 0 Å². The predicted octanol–water partition coefficient (Wildman–Crippen LogP) is 2.42. The van der Waals surface area contributed by atoms with Gasteiger partial charge < -0.3 is 5.32 Å². The summed E-state index contributed by atoms with van der Waals surface area (Å²) >= 11 is 0. The lowest BCUT2D eigenvalue weighted by molar-refractivity contribution is 0.0741. The zero-order valence-electron chi connectivity index (χ0n) is 9.87. The van der Waals surface area contributed by atoms with Crippen molar-refractivity contribution in [3.8, 4) is 0 Å². The smallest absolute Gasteiger partial charge is 0.0122 e. The van der Waals surface area contributed by atoms with Crippen molar-refractivity contribution in [2.75, 3.05) is 19.6 Å². The lowest BCUT2D eigenvalue weighted by atomic mass is 9.94. The second kappa shape index (κ2) is 6.72. The molecule has 0 saturated carbocycles. The zero-order chi connectivity index (χ0) is 9.80. The number of nitrogens with zero attached hydrogens (tertiary/aromatic N) is 1. The molecule has 1 N–H and O–H groups in total. The largest absolute Gasteiger partial charge is 0.317 e. The Balaban J connectivity index is 0.00000112. The van der Waals surface area contributed by atoms with Gasteiger partial charge in [-0.25, -0.2) is 0 Å². The third-order valence-corrected chi connectivity index (χ3v) is 3.92. The van der Waals surface area contributed by atoms with E-state index in [1.165, 1.54) is 58.2 Å². The number of likely N-dealkylation sites (tertiary alicyclic amines) is 1. The molecule has 0 aliphatic carbocycles. The monoisotopic (exact) mass is 232 g/mol. The normalized spacial score (nSPS) is 29.8. The van der Waals surface area contributed by atoms with Crippen molar-refractivity contribution in [1.82, 2.24) is 10.2 Å². The van der Waals surface area contributed by atoms with Crippen molar-refractivity contribution < 1.29 is 0 Å². The number of halogens is 1. The molecule has 0 aromatic carbocycles. The first kappa shape index (κ1) is 13.3. The fourth-order valence-electron chi connectivity index (χ4n) is 3.08. The number of rotatable bonds is 2. The van der Waals surface area contributed by atoms with Crippen molar-refractivity contribution in [2.24, 2.45) is 0 Å². The molecule has 90 valence electrons. The summed E-state index contributed by atoms with van der Waals surface area (Å²) < 4.78 is 0. The van der Waals surface area contributed by atoms with Gasteiger partial charge in [0.05, 0.1) is 0 Å². The Labute approximate surface area is 100 Å². The molecule has 0 aromatic heterocycles. The highest BCUT2D eigenvalue weighted by Crippen LogP contribution is 2.25. The van der Waals surface area contributed by atoms with Crippen LogP contribution in [-0.4, -0.2) is 36.6 Å². The fourth-order valence-corrected chi connectivity index (χ4v) is 3.08. The third-order valence-electron chi connectivity index (χ3n) is 3.92. The summed E-state index contributed by atoms with van der Waals surface area (Å²) in [7, 11) is 0. The lowest BCUT2D eigenvalue weighted by Crippen LogP contribution is -2.49. The Morgan fingerprint density at radius 1 is 1.13 bits per heavy atom. The summed E-state index contributed by atoms with van der Waals surface area (Å²) in [4.78, 5) is 2.81. The van der Waals surface area contributed by atoms with E-state index < -0.39 is 0 Å². The summed E-state index contributed by atoms with van der Waals surface area (Å²) in [6, 6.07) is 1.79. The summed E-state index contributed by atoms with van der Waals surface area (Å²) in [6.45, 7) is 6.18. The van der Waals surface area contributed by atoms with E-state index in [0.29, 0.717) is 0 Å². The quantitative estimate of drug-likeness (QED) is 0.787. The second-order valence-electron chi connectivity index (χ2n) is 4.78. The molecule has 2 fully saturated rings.